The maximum Gasteiger partial charge on any atom is 0.316 e. The lowest BCUT2D eigenvalue weighted by Crippen LogP contribution is -2.49. The Balaban J connectivity index is 1.37. The fourth-order valence-electron chi connectivity index (χ4n) is 4.77. The number of nitrogens with zero attached hydrogens (tertiary/aromatic N) is 4. The third-order valence-electron chi connectivity index (χ3n) is 6.67. The van der Waals surface area contributed by atoms with E-state index in [0.29, 0.717) is 43.3 Å². The Bertz CT molecular complexity index is 1300. The highest BCUT2D eigenvalue weighted by atomic mass is 32.2. The summed E-state index contributed by atoms with van der Waals surface area (Å²) >= 11 is 0. The van der Waals surface area contributed by atoms with E-state index in [9.17, 15) is 13.2 Å². The number of sulfonamides is 1. The van der Waals surface area contributed by atoms with E-state index >= 15 is 0 Å². The second-order valence-corrected chi connectivity index (χ2v) is 11.0. The van der Waals surface area contributed by atoms with Crippen molar-refractivity contribution in [3.8, 4) is 11.4 Å². The first-order valence-corrected chi connectivity index (χ1v) is 13.7. The molecule has 0 radical (unpaired) electrons. The number of benzene rings is 2. The standard InChI is InChI=1S/C26H30N4O4S/c31-26-25(34-23-13-7-8-14-23)24(19-27-30(26)22-11-5-2-6-12-22)28-15-17-29(18-16-28)35(32,33)20-21-9-3-1-4-10-21/h1-6,9-12,19,23H,7-8,13-18,20H2. The Kier molecular flexibility index (Phi) is 6.88. The van der Waals surface area contributed by atoms with Gasteiger partial charge < -0.3 is 9.64 Å². The van der Waals surface area contributed by atoms with Gasteiger partial charge in [0.25, 0.3) is 0 Å². The predicted octanol–water partition coefficient (Wildman–Crippen LogP) is 3.21. The number of hydrogen-bond donors (Lipinski definition) is 0. The van der Waals surface area contributed by atoms with Crippen LogP contribution in [-0.4, -0.2) is 54.8 Å². The van der Waals surface area contributed by atoms with Crippen LogP contribution < -0.4 is 15.2 Å². The first-order chi connectivity index (χ1) is 17.0. The van der Waals surface area contributed by atoms with E-state index in [0.717, 1.165) is 31.2 Å². The van der Waals surface area contributed by atoms with Gasteiger partial charge in [0.2, 0.25) is 15.8 Å². The van der Waals surface area contributed by atoms with Crippen LogP contribution in [0.5, 0.6) is 5.75 Å². The molecule has 8 nitrogen and oxygen atoms in total. The van der Waals surface area contributed by atoms with Crippen LogP contribution >= 0.6 is 0 Å². The predicted molar refractivity (Wildman–Crippen MR) is 136 cm³/mol. The molecule has 1 saturated heterocycles. The molecule has 0 spiro atoms. The topological polar surface area (TPSA) is 84.7 Å². The summed E-state index contributed by atoms with van der Waals surface area (Å²) in [5, 5.41) is 4.43. The first-order valence-electron chi connectivity index (χ1n) is 12.1. The zero-order valence-corrected chi connectivity index (χ0v) is 20.4. The molecule has 0 unspecified atom stereocenters. The van der Waals surface area contributed by atoms with Crippen molar-refractivity contribution in [1.82, 2.24) is 14.1 Å². The molecule has 1 aliphatic carbocycles. The van der Waals surface area contributed by atoms with Crippen LogP contribution in [0.4, 0.5) is 5.69 Å². The average Bonchev–Trinajstić information content (AvgIpc) is 3.39. The second kappa shape index (κ2) is 10.2. The molecule has 9 heteroatoms. The monoisotopic (exact) mass is 494 g/mol. The fraction of sp³-hybridized carbons (Fsp3) is 0.385. The molecule has 2 aromatic carbocycles. The van der Waals surface area contributed by atoms with Crippen molar-refractivity contribution in [2.75, 3.05) is 31.1 Å². The van der Waals surface area contributed by atoms with Crippen molar-refractivity contribution in [3.63, 3.8) is 0 Å². The SMILES string of the molecule is O=c1c(OC2CCCC2)c(N2CCN(S(=O)(=O)Cc3ccccc3)CC2)cnn1-c1ccccc1. The minimum absolute atomic E-state index is 0.0145. The Hall–Kier alpha value is -3.17. The van der Waals surface area contributed by atoms with Crippen LogP contribution in [0.2, 0.25) is 0 Å². The summed E-state index contributed by atoms with van der Waals surface area (Å²) in [6.45, 7) is 1.62. The Labute approximate surface area is 205 Å². The molecule has 1 saturated carbocycles. The van der Waals surface area contributed by atoms with Crippen molar-refractivity contribution in [2.45, 2.75) is 37.5 Å². The van der Waals surface area contributed by atoms with Gasteiger partial charge in [0.15, 0.2) is 0 Å². The summed E-state index contributed by atoms with van der Waals surface area (Å²) in [6, 6.07) is 18.5. The first kappa shape index (κ1) is 23.6. The van der Waals surface area contributed by atoms with Gasteiger partial charge in [-0.3, -0.25) is 4.79 Å². The van der Waals surface area contributed by atoms with Crippen molar-refractivity contribution >= 4 is 15.7 Å². The number of hydrogen-bond acceptors (Lipinski definition) is 6. The molecule has 2 aliphatic rings. The Morgan fingerprint density at radius 3 is 2.17 bits per heavy atom. The van der Waals surface area contributed by atoms with Crippen LogP contribution in [0, 0.1) is 0 Å². The fourth-order valence-corrected chi connectivity index (χ4v) is 6.29. The van der Waals surface area contributed by atoms with Gasteiger partial charge in [-0.1, -0.05) is 48.5 Å². The highest BCUT2D eigenvalue weighted by Crippen LogP contribution is 2.30. The van der Waals surface area contributed by atoms with Crippen LogP contribution in [0.1, 0.15) is 31.2 Å². The molecule has 0 amide bonds. The maximum absolute atomic E-state index is 13.5. The summed E-state index contributed by atoms with van der Waals surface area (Å²) in [6.07, 6.45) is 5.73. The number of ether oxygens (including phenoxy) is 1. The Morgan fingerprint density at radius 2 is 1.51 bits per heavy atom. The number of para-hydroxylation sites is 1. The molecule has 1 aromatic heterocycles. The quantitative estimate of drug-likeness (QED) is 0.502. The molecule has 3 aromatic rings. The van der Waals surface area contributed by atoms with Gasteiger partial charge in [-0.25, -0.2) is 8.42 Å². The molecule has 0 bridgehead atoms. The largest absolute Gasteiger partial charge is 0.483 e. The molecule has 2 fully saturated rings. The third-order valence-corrected chi connectivity index (χ3v) is 8.52. The van der Waals surface area contributed by atoms with Gasteiger partial charge in [-0.05, 0) is 43.4 Å². The van der Waals surface area contributed by atoms with Crippen LogP contribution in [-0.2, 0) is 15.8 Å². The second-order valence-electron chi connectivity index (χ2n) is 9.06. The number of piperazine rings is 1. The molecule has 184 valence electrons. The van der Waals surface area contributed by atoms with Gasteiger partial charge in [0.1, 0.15) is 5.69 Å². The molecular weight excluding hydrogens is 464 g/mol. The van der Waals surface area contributed by atoms with Crippen molar-refractivity contribution < 1.29 is 13.2 Å². The number of anilines is 1. The highest BCUT2D eigenvalue weighted by molar-refractivity contribution is 7.88. The lowest BCUT2D eigenvalue weighted by atomic mass is 10.2. The van der Waals surface area contributed by atoms with Crippen LogP contribution in [0.25, 0.3) is 5.69 Å². The molecular formula is C26H30N4O4S. The van der Waals surface area contributed by atoms with E-state index in [1.54, 1.807) is 6.20 Å². The van der Waals surface area contributed by atoms with Crippen molar-refractivity contribution in [3.05, 3.63) is 82.8 Å². The van der Waals surface area contributed by atoms with E-state index < -0.39 is 10.0 Å². The molecule has 2 heterocycles. The van der Waals surface area contributed by atoms with E-state index in [4.69, 9.17) is 4.74 Å². The summed E-state index contributed by atoms with van der Waals surface area (Å²) < 4.78 is 35.1. The smallest absolute Gasteiger partial charge is 0.316 e. The minimum atomic E-state index is -3.43. The number of rotatable bonds is 7. The summed E-state index contributed by atoms with van der Waals surface area (Å²) in [5.41, 5.74) is 1.79. The number of aromatic nitrogens is 2. The normalized spacial score (nSPS) is 17.5. The molecule has 5 rings (SSSR count). The maximum atomic E-state index is 13.5. The molecule has 0 atom stereocenters. The van der Waals surface area contributed by atoms with E-state index in [1.807, 2.05) is 65.6 Å². The van der Waals surface area contributed by atoms with Gasteiger partial charge in [-0.2, -0.15) is 14.1 Å². The summed E-state index contributed by atoms with van der Waals surface area (Å²) in [5.74, 6) is 0.287. The molecule has 35 heavy (non-hydrogen) atoms. The van der Waals surface area contributed by atoms with E-state index in [-0.39, 0.29) is 17.4 Å². The summed E-state index contributed by atoms with van der Waals surface area (Å²) in [7, 11) is -3.43. The lowest BCUT2D eigenvalue weighted by Gasteiger charge is -2.36. The van der Waals surface area contributed by atoms with Crippen molar-refractivity contribution in [2.24, 2.45) is 0 Å². The summed E-state index contributed by atoms with van der Waals surface area (Å²) in [4.78, 5) is 15.5. The van der Waals surface area contributed by atoms with Crippen molar-refractivity contribution in [1.29, 1.82) is 0 Å². The van der Waals surface area contributed by atoms with Crippen LogP contribution in [0.3, 0.4) is 0 Å². The van der Waals surface area contributed by atoms with E-state index in [2.05, 4.69) is 5.10 Å². The van der Waals surface area contributed by atoms with E-state index in [1.165, 1.54) is 8.99 Å². The average molecular weight is 495 g/mol. The Morgan fingerprint density at radius 1 is 0.886 bits per heavy atom. The van der Waals surface area contributed by atoms with Gasteiger partial charge in [-0.15, -0.1) is 0 Å². The van der Waals surface area contributed by atoms with Gasteiger partial charge in [0, 0.05) is 26.2 Å². The van der Waals surface area contributed by atoms with Crippen LogP contribution in [0.15, 0.2) is 71.7 Å². The minimum Gasteiger partial charge on any atom is -0.483 e. The molecule has 0 N–H and O–H groups in total. The third kappa shape index (κ3) is 5.26. The van der Waals surface area contributed by atoms with Gasteiger partial charge >= 0.3 is 5.56 Å². The highest BCUT2D eigenvalue weighted by Gasteiger charge is 2.30. The zero-order chi connectivity index (χ0) is 24.3. The molecule has 1 aliphatic heterocycles. The zero-order valence-electron chi connectivity index (χ0n) is 19.6. The van der Waals surface area contributed by atoms with Gasteiger partial charge in [0.05, 0.1) is 23.7 Å². The lowest BCUT2D eigenvalue weighted by molar-refractivity contribution is 0.205.